The van der Waals surface area contributed by atoms with E-state index in [1.54, 1.807) is 6.92 Å². The molecule has 0 aliphatic carbocycles. The van der Waals surface area contributed by atoms with Crippen molar-refractivity contribution in [1.29, 1.82) is 0 Å². The Kier molecular flexibility index (Phi) is 3.95. The molecule has 1 aromatic heterocycles. The molecule has 15 heavy (non-hydrogen) atoms. The van der Waals surface area contributed by atoms with Crippen molar-refractivity contribution in [2.24, 2.45) is 0 Å². The third-order valence-corrected chi connectivity index (χ3v) is 1.81. The van der Waals surface area contributed by atoms with Crippen LogP contribution in [0.25, 0.3) is 0 Å². The molecule has 4 nitrogen and oxygen atoms in total. The van der Waals surface area contributed by atoms with Crippen LogP contribution in [0.15, 0.2) is 12.3 Å². The topological polar surface area (TPSA) is 62.2 Å². The fraction of sp³-hybridized carbons (Fsp3) is 0.200. The van der Waals surface area contributed by atoms with Crippen LogP contribution in [0.1, 0.15) is 17.3 Å². The number of aromatic nitrogens is 1. The van der Waals surface area contributed by atoms with Gasteiger partial charge in [-0.1, -0.05) is 17.5 Å². The third kappa shape index (κ3) is 3.15. The van der Waals surface area contributed by atoms with Gasteiger partial charge >= 0.3 is 5.97 Å². The van der Waals surface area contributed by atoms with Crippen LogP contribution < -0.4 is 5.32 Å². The molecular formula is C10H9ClN2O2. The summed E-state index contributed by atoms with van der Waals surface area (Å²) < 4.78 is 0. The summed E-state index contributed by atoms with van der Waals surface area (Å²) in [5.41, 5.74) is 0.0420. The molecule has 5 heteroatoms. The van der Waals surface area contributed by atoms with Crippen LogP contribution in [0.2, 0.25) is 5.02 Å². The SMILES string of the molecule is CC#CCNc1ncc(Cl)cc1C(=O)O. The van der Waals surface area contributed by atoms with Gasteiger partial charge in [-0.2, -0.15) is 0 Å². The number of carboxylic acids is 1. The van der Waals surface area contributed by atoms with Gasteiger partial charge in [-0.05, 0) is 13.0 Å². The highest BCUT2D eigenvalue weighted by Gasteiger charge is 2.11. The molecule has 1 heterocycles. The average molecular weight is 225 g/mol. The van der Waals surface area contributed by atoms with Crippen molar-refractivity contribution in [1.82, 2.24) is 4.98 Å². The largest absolute Gasteiger partial charge is 0.478 e. The Morgan fingerprint density at radius 2 is 2.47 bits per heavy atom. The van der Waals surface area contributed by atoms with Crippen molar-refractivity contribution in [3.05, 3.63) is 22.8 Å². The highest BCUT2D eigenvalue weighted by molar-refractivity contribution is 6.30. The standard InChI is InChI=1S/C10H9ClN2O2/c1-2-3-4-12-9-8(10(14)15)5-7(11)6-13-9/h5-6H,4H2,1H3,(H,12,13)(H,14,15). The van der Waals surface area contributed by atoms with Gasteiger partial charge in [0.2, 0.25) is 0 Å². The molecule has 0 amide bonds. The first kappa shape index (κ1) is 11.3. The fourth-order valence-electron chi connectivity index (χ4n) is 0.959. The number of carboxylic acid groups (broad SMARTS) is 1. The van der Waals surface area contributed by atoms with Crippen LogP contribution >= 0.6 is 11.6 Å². The Balaban J connectivity index is 2.94. The summed E-state index contributed by atoms with van der Waals surface area (Å²) in [5.74, 6) is 4.64. The van der Waals surface area contributed by atoms with Crippen molar-refractivity contribution < 1.29 is 9.90 Å². The Labute approximate surface area is 92.3 Å². The van der Waals surface area contributed by atoms with E-state index in [9.17, 15) is 4.79 Å². The lowest BCUT2D eigenvalue weighted by Gasteiger charge is -2.05. The molecule has 0 radical (unpaired) electrons. The number of aromatic carboxylic acids is 1. The van der Waals surface area contributed by atoms with Gasteiger partial charge in [0.15, 0.2) is 0 Å². The van der Waals surface area contributed by atoms with Gasteiger partial charge in [0.25, 0.3) is 0 Å². The minimum atomic E-state index is -1.07. The van der Waals surface area contributed by atoms with E-state index in [4.69, 9.17) is 16.7 Å². The summed E-state index contributed by atoms with van der Waals surface area (Å²) in [4.78, 5) is 14.7. The second kappa shape index (κ2) is 5.23. The molecule has 2 N–H and O–H groups in total. The first-order chi connectivity index (χ1) is 7.15. The van der Waals surface area contributed by atoms with E-state index in [2.05, 4.69) is 22.1 Å². The first-order valence-corrected chi connectivity index (χ1v) is 4.55. The van der Waals surface area contributed by atoms with Gasteiger partial charge in [0.1, 0.15) is 11.4 Å². The molecule has 0 aromatic carbocycles. The first-order valence-electron chi connectivity index (χ1n) is 4.17. The summed E-state index contributed by atoms with van der Waals surface area (Å²) in [6, 6.07) is 1.35. The number of pyridine rings is 1. The number of hydrogen-bond donors (Lipinski definition) is 2. The molecule has 0 saturated carbocycles. The number of nitrogens with zero attached hydrogens (tertiary/aromatic N) is 1. The molecule has 0 fully saturated rings. The number of nitrogens with one attached hydrogen (secondary N) is 1. The van der Waals surface area contributed by atoms with Gasteiger partial charge in [-0.15, -0.1) is 5.92 Å². The molecule has 78 valence electrons. The average Bonchev–Trinajstić information content (AvgIpc) is 2.20. The van der Waals surface area contributed by atoms with Gasteiger partial charge in [-0.25, -0.2) is 9.78 Å². The predicted octanol–water partition coefficient (Wildman–Crippen LogP) is 1.87. The van der Waals surface area contributed by atoms with Gasteiger partial charge < -0.3 is 10.4 Å². The molecule has 0 unspecified atom stereocenters. The molecule has 1 aromatic rings. The quantitative estimate of drug-likeness (QED) is 0.770. The number of anilines is 1. The van der Waals surface area contributed by atoms with Gasteiger partial charge in [-0.3, -0.25) is 0 Å². The van der Waals surface area contributed by atoms with Crippen LogP contribution in [-0.2, 0) is 0 Å². The zero-order chi connectivity index (χ0) is 11.3. The Morgan fingerprint density at radius 1 is 1.73 bits per heavy atom. The van der Waals surface area contributed by atoms with Crippen LogP contribution in [0.5, 0.6) is 0 Å². The van der Waals surface area contributed by atoms with E-state index in [0.717, 1.165) is 0 Å². The summed E-state index contributed by atoms with van der Waals surface area (Å²) in [6.45, 7) is 2.06. The maximum absolute atomic E-state index is 10.8. The van der Waals surface area contributed by atoms with Crippen molar-refractivity contribution in [2.75, 3.05) is 11.9 Å². The van der Waals surface area contributed by atoms with E-state index < -0.39 is 5.97 Å². The lowest BCUT2D eigenvalue weighted by atomic mass is 10.2. The highest BCUT2D eigenvalue weighted by Crippen LogP contribution is 2.17. The monoisotopic (exact) mass is 224 g/mol. The second-order valence-electron chi connectivity index (χ2n) is 2.64. The summed E-state index contributed by atoms with van der Waals surface area (Å²) in [6.07, 6.45) is 1.38. The van der Waals surface area contributed by atoms with Crippen LogP contribution in [0.3, 0.4) is 0 Å². The lowest BCUT2D eigenvalue weighted by molar-refractivity contribution is 0.0697. The fourth-order valence-corrected chi connectivity index (χ4v) is 1.12. The summed E-state index contributed by atoms with van der Waals surface area (Å²) in [7, 11) is 0. The smallest absolute Gasteiger partial charge is 0.339 e. The molecule has 0 bridgehead atoms. The van der Waals surface area contributed by atoms with Gasteiger partial charge in [0, 0.05) is 6.20 Å². The Hall–Kier alpha value is -1.73. The highest BCUT2D eigenvalue weighted by atomic mass is 35.5. The van der Waals surface area contributed by atoms with Crippen LogP contribution in [0.4, 0.5) is 5.82 Å². The Morgan fingerprint density at radius 3 is 3.07 bits per heavy atom. The second-order valence-corrected chi connectivity index (χ2v) is 3.07. The Bertz CT molecular complexity index is 435. The van der Waals surface area contributed by atoms with Crippen LogP contribution in [-0.4, -0.2) is 22.6 Å². The molecular weight excluding hydrogens is 216 g/mol. The maximum Gasteiger partial charge on any atom is 0.339 e. The van der Waals surface area contributed by atoms with Crippen molar-refractivity contribution in [2.45, 2.75) is 6.92 Å². The van der Waals surface area contributed by atoms with E-state index in [0.29, 0.717) is 11.6 Å². The zero-order valence-corrected chi connectivity index (χ0v) is 8.80. The molecule has 0 atom stereocenters. The summed E-state index contributed by atoms with van der Waals surface area (Å²) in [5, 5.41) is 12.0. The van der Waals surface area contributed by atoms with E-state index >= 15 is 0 Å². The van der Waals surface area contributed by atoms with Gasteiger partial charge in [0.05, 0.1) is 11.6 Å². The van der Waals surface area contributed by atoms with Crippen LogP contribution in [0, 0.1) is 11.8 Å². The van der Waals surface area contributed by atoms with E-state index in [1.165, 1.54) is 12.3 Å². The molecule has 0 saturated heterocycles. The lowest BCUT2D eigenvalue weighted by Crippen LogP contribution is -2.08. The molecule has 0 aliphatic rings. The minimum Gasteiger partial charge on any atom is -0.478 e. The number of hydrogen-bond acceptors (Lipinski definition) is 3. The molecule has 1 rings (SSSR count). The summed E-state index contributed by atoms with van der Waals surface area (Å²) >= 11 is 5.64. The number of carbonyl (C=O) groups is 1. The molecule has 0 spiro atoms. The number of rotatable bonds is 3. The van der Waals surface area contributed by atoms with E-state index in [1.807, 2.05) is 0 Å². The van der Waals surface area contributed by atoms with E-state index in [-0.39, 0.29) is 11.4 Å². The van der Waals surface area contributed by atoms with Crippen molar-refractivity contribution >= 4 is 23.4 Å². The normalized spacial score (nSPS) is 8.93. The van der Waals surface area contributed by atoms with Crippen molar-refractivity contribution in [3.63, 3.8) is 0 Å². The third-order valence-electron chi connectivity index (χ3n) is 1.61. The number of halogens is 1. The predicted molar refractivity (Wildman–Crippen MR) is 58.1 cm³/mol. The molecule has 0 aliphatic heterocycles. The zero-order valence-electron chi connectivity index (χ0n) is 8.04. The maximum atomic E-state index is 10.8. The van der Waals surface area contributed by atoms with Crippen molar-refractivity contribution in [3.8, 4) is 11.8 Å². The minimum absolute atomic E-state index is 0.0420.